The first-order valence-electron chi connectivity index (χ1n) is 6.94. The van der Waals surface area contributed by atoms with E-state index in [-0.39, 0.29) is 11.9 Å². The smallest absolute Gasteiger partial charge is 0.239 e. The van der Waals surface area contributed by atoms with E-state index in [1.165, 1.54) is 11.3 Å². The van der Waals surface area contributed by atoms with Gasteiger partial charge in [-0.25, -0.2) is 0 Å². The van der Waals surface area contributed by atoms with Crippen LogP contribution in [0.2, 0.25) is 0 Å². The molecule has 0 atom stereocenters. The Morgan fingerprint density at radius 2 is 2.26 bits per heavy atom. The number of fused-ring (bicyclic) bond motifs is 1. The molecule has 0 aliphatic carbocycles. The van der Waals surface area contributed by atoms with E-state index in [0.29, 0.717) is 6.54 Å². The second kappa shape index (κ2) is 5.95. The van der Waals surface area contributed by atoms with Crippen LogP contribution >= 0.6 is 0 Å². The average molecular weight is 261 g/mol. The summed E-state index contributed by atoms with van der Waals surface area (Å²) in [6.07, 6.45) is 2.23. The van der Waals surface area contributed by atoms with Gasteiger partial charge in [0, 0.05) is 31.0 Å². The number of amides is 1. The second-order valence-corrected chi connectivity index (χ2v) is 5.41. The van der Waals surface area contributed by atoms with E-state index in [2.05, 4.69) is 22.8 Å². The highest BCUT2D eigenvalue weighted by molar-refractivity contribution is 5.82. The molecule has 0 bridgehead atoms. The fraction of sp³-hybridized carbons (Fsp3) is 0.533. The molecule has 0 saturated heterocycles. The number of hydrogen-bond donors (Lipinski definition) is 2. The molecule has 0 radical (unpaired) electrons. The number of likely N-dealkylation sites (N-methyl/N-ethyl adjacent to an activating group) is 1. The number of rotatable bonds is 4. The Balaban J connectivity index is 2.11. The first-order valence-corrected chi connectivity index (χ1v) is 6.94. The van der Waals surface area contributed by atoms with Crippen LogP contribution in [0.3, 0.4) is 0 Å². The summed E-state index contributed by atoms with van der Waals surface area (Å²) < 4.78 is 0. The molecule has 2 rings (SSSR count). The molecule has 0 unspecified atom stereocenters. The van der Waals surface area contributed by atoms with Crippen LogP contribution in [-0.2, 0) is 11.2 Å². The summed E-state index contributed by atoms with van der Waals surface area (Å²) in [5.74, 6) is 0.0684. The van der Waals surface area contributed by atoms with Crippen molar-refractivity contribution in [2.24, 2.45) is 0 Å². The Bertz CT molecular complexity index is 457. The zero-order valence-electron chi connectivity index (χ0n) is 12.0. The number of carbonyl (C=O) groups excluding carboxylic acids is 1. The predicted octanol–water partition coefficient (Wildman–Crippen LogP) is 2.01. The van der Waals surface area contributed by atoms with Gasteiger partial charge in [-0.15, -0.1) is 0 Å². The van der Waals surface area contributed by atoms with Gasteiger partial charge in [0.1, 0.15) is 0 Å². The van der Waals surface area contributed by atoms with Gasteiger partial charge in [-0.05, 0) is 44.4 Å². The summed E-state index contributed by atoms with van der Waals surface area (Å²) in [6.45, 7) is 5.39. The fourth-order valence-corrected chi connectivity index (χ4v) is 2.52. The third kappa shape index (κ3) is 3.40. The maximum Gasteiger partial charge on any atom is 0.239 e. The zero-order valence-corrected chi connectivity index (χ0v) is 12.0. The van der Waals surface area contributed by atoms with Crippen molar-refractivity contribution in [3.8, 4) is 0 Å². The average Bonchev–Trinajstić information content (AvgIpc) is 2.36. The lowest BCUT2D eigenvalue weighted by Gasteiger charge is -2.27. The highest BCUT2D eigenvalue weighted by Crippen LogP contribution is 2.30. The van der Waals surface area contributed by atoms with E-state index in [1.54, 1.807) is 0 Å². The highest BCUT2D eigenvalue weighted by atomic mass is 16.2. The van der Waals surface area contributed by atoms with Gasteiger partial charge in [0.2, 0.25) is 5.91 Å². The molecule has 0 aromatic heterocycles. The highest BCUT2D eigenvalue weighted by Gasteiger charge is 2.16. The summed E-state index contributed by atoms with van der Waals surface area (Å²) in [5.41, 5.74) is 3.69. The summed E-state index contributed by atoms with van der Waals surface area (Å²) >= 11 is 0. The molecule has 2 N–H and O–H groups in total. The van der Waals surface area contributed by atoms with Gasteiger partial charge in [0.25, 0.3) is 0 Å². The first-order chi connectivity index (χ1) is 9.08. The van der Waals surface area contributed by atoms with E-state index in [1.807, 2.05) is 31.9 Å². The third-order valence-corrected chi connectivity index (χ3v) is 3.31. The molecule has 1 aliphatic rings. The van der Waals surface area contributed by atoms with Crippen molar-refractivity contribution < 1.29 is 4.79 Å². The molecule has 1 amide bonds. The van der Waals surface area contributed by atoms with Crippen LogP contribution < -0.4 is 15.5 Å². The van der Waals surface area contributed by atoms with E-state index >= 15 is 0 Å². The van der Waals surface area contributed by atoms with Crippen molar-refractivity contribution in [3.63, 3.8) is 0 Å². The van der Waals surface area contributed by atoms with Crippen LogP contribution in [0, 0.1) is 0 Å². The summed E-state index contributed by atoms with van der Waals surface area (Å²) in [7, 11) is 1.98. The first kappa shape index (κ1) is 13.7. The summed E-state index contributed by atoms with van der Waals surface area (Å²) in [4.78, 5) is 13.9. The molecular weight excluding hydrogens is 238 g/mol. The molecule has 0 fully saturated rings. The normalized spacial score (nSPS) is 13.7. The van der Waals surface area contributed by atoms with Gasteiger partial charge in [-0.2, -0.15) is 0 Å². The van der Waals surface area contributed by atoms with Gasteiger partial charge >= 0.3 is 0 Å². The number of carbonyl (C=O) groups is 1. The van der Waals surface area contributed by atoms with Crippen LogP contribution in [0.1, 0.15) is 25.8 Å². The maximum absolute atomic E-state index is 11.8. The second-order valence-electron chi connectivity index (χ2n) is 5.41. The van der Waals surface area contributed by atoms with Gasteiger partial charge in [0.15, 0.2) is 0 Å². The van der Waals surface area contributed by atoms with Crippen molar-refractivity contribution in [2.75, 3.05) is 30.4 Å². The number of anilines is 2. The number of benzene rings is 1. The largest absolute Gasteiger partial charge is 0.385 e. The standard InChI is InChI=1S/C15H23N3O/c1-11(2)17-15(19)10-18(3)14-8-4-7-13-12(14)6-5-9-16-13/h4,7-8,11,16H,5-6,9-10H2,1-3H3,(H,17,19). The monoisotopic (exact) mass is 261 g/mol. The minimum atomic E-state index is 0.0684. The Morgan fingerprint density at radius 1 is 1.47 bits per heavy atom. The van der Waals surface area contributed by atoms with Crippen molar-refractivity contribution in [1.29, 1.82) is 0 Å². The zero-order chi connectivity index (χ0) is 13.8. The number of nitrogens with one attached hydrogen (secondary N) is 2. The quantitative estimate of drug-likeness (QED) is 0.871. The minimum Gasteiger partial charge on any atom is -0.385 e. The summed E-state index contributed by atoms with van der Waals surface area (Å²) in [5, 5.41) is 6.34. The lowest BCUT2D eigenvalue weighted by molar-refractivity contribution is -0.120. The van der Waals surface area contributed by atoms with Crippen LogP contribution in [0.5, 0.6) is 0 Å². The third-order valence-electron chi connectivity index (χ3n) is 3.31. The van der Waals surface area contributed by atoms with Crippen LogP contribution in [0.4, 0.5) is 11.4 Å². The van der Waals surface area contributed by atoms with Crippen LogP contribution in [0.15, 0.2) is 18.2 Å². The van der Waals surface area contributed by atoms with Crippen molar-refractivity contribution >= 4 is 17.3 Å². The molecule has 1 aliphatic heterocycles. The Kier molecular flexibility index (Phi) is 4.30. The molecule has 0 spiro atoms. The topological polar surface area (TPSA) is 44.4 Å². The Morgan fingerprint density at radius 3 is 3.00 bits per heavy atom. The van der Waals surface area contributed by atoms with Gasteiger partial charge in [-0.1, -0.05) is 6.07 Å². The van der Waals surface area contributed by atoms with E-state index in [0.717, 1.165) is 25.1 Å². The Labute approximate surface area is 115 Å². The van der Waals surface area contributed by atoms with Gasteiger partial charge in [0.05, 0.1) is 6.54 Å². The molecule has 4 heteroatoms. The van der Waals surface area contributed by atoms with Gasteiger partial charge < -0.3 is 15.5 Å². The molecule has 1 heterocycles. The predicted molar refractivity (Wildman–Crippen MR) is 79.8 cm³/mol. The molecule has 19 heavy (non-hydrogen) atoms. The van der Waals surface area contributed by atoms with Crippen molar-refractivity contribution in [2.45, 2.75) is 32.7 Å². The molecule has 4 nitrogen and oxygen atoms in total. The van der Waals surface area contributed by atoms with Gasteiger partial charge in [-0.3, -0.25) is 4.79 Å². The Hall–Kier alpha value is -1.71. The van der Waals surface area contributed by atoms with E-state index < -0.39 is 0 Å². The van der Waals surface area contributed by atoms with E-state index in [4.69, 9.17) is 0 Å². The molecule has 104 valence electrons. The SMILES string of the molecule is CC(C)NC(=O)CN(C)c1cccc2c1CCCN2. The minimum absolute atomic E-state index is 0.0684. The molecular formula is C15H23N3O. The lowest BCUT2D eigenvalue weighted by atomic mass is 10.0. The fourth-order valence-electron chi connectivity index (χ4n) is 2.52. The lowest BCUT2D eigenvalue weighted by Crippen LogP contribution is -2.39. The number of nitrogens with zero attached hydrogens (tertiary/aromatic N) is 1. The maximum atomic E-state index is 11.8. The summed E-state index contributed by atoms with van der Waals surface area (Å²) in [6, 6.07) is 6.44. The van der Waals surface area contributed by atoms with E-state index in [9.17, 15) is 4.79 Å². The molecule has 1 aromatic carbocycles. The van der Waals surface area contributed by atoms with Crippen LogP contribution in [0.25, 0.3) is 0 Å². The van der Waals surface area contributed by atoms with Crippen LogP contribution in [-0.4, -0.2) is 32.1 Å². The molecule has 1 aromatic rings. The van der Waals surface area contributed by atoms with Crippen molar-refractivity contribution in [1.82, 2.24) is 5.32 Å². The van der Waals surface area contributed by atoms with Crippen molar-refractivity contribution in [3.05, 3.63) is 23.8 Å². The number of hydrogen-bond acceptors (Lipinski definition) is 3. The molecule has 0 saturated carbocycles.